The zero-order valence-electron chi connectivity index (χ0n) is 10.9. The fourth-order valence-corrected chi connectivity index (χ4v) is 1.75. The van der Waals surface area contributed by atoms with Crippen LogP contribution in [0.15, 0.2) is 18.2 Å². The number of hydrogen-bond donors (Lipinski definition) is 1. The smallest absolute Gasteiger partial charge is 0.328 e. The molecule has 1 aromatic rings. The van der Waals surface area contributed by atoms with Crippen molar-refractivity contribution in [3.05, 3.63) is 29.3 Å². The molecule has 4 heteroatoms. The van der Waals surface area contributed by atoms with Crippen molar-refractivity contribution in [2.45, 2.75) is 19.4 Å². The number of carboxylic acid groups (broad SMARTS) is 1. The van der Waals surface area contributed by atoms with Gasteiger partial charge in [0.2, 0.25) is 0 Å². The summed E-state index contributed by atoms with van der Waals surface area (Å²) in [4.78, 5) is 13.2. The molecule has 0 amide bonds. The number of hydrogen-bond acceptors (Lipinski definition) is 3. The minimum atomic E-state index is -1.10. The van der Waals surface area contributed by atoms with Crippen LogP contribution in [0.3, 0.4) is 0 Å². The van der Waals surface area contributed by atoms with Crippen molar-refractivity contribution in [1.29, 1.82) is 0 Å². The third kappa shape index (κ3) is 2.26. The minimum Gasteiger partial charge on any atom is -0.496 e. The summed E-state index contributed by atoms with van der Waals surface area (Å²) >= 11 is 0. The Morgan fingerprint density at radius 3 is 2.41 bits per heavy atom. The van der Waals surface area contributed by atoms with Crippen LogP contribution in [0.4, 0.5) is 0 Å². The Balaban J connectivity index is 3.47. The molecule has 4 nitrogen and oxygen atoms in total. The highest BCUT2D eigenvalue weighted by molar-refractivity contribution is 5.81. The van der Waals surface area contributed by atoms with Crippen molar-refractivity contribution in [2.75, 3.05) is 21.2 Å². The van der Waals surface area contributed by atoms with Gasteiger partial charge < -0.3 is 9.84 Å². The van der Waals surface area contributed by atoms with Gasteiger partial charge in [0.15, 0.2) is 0 Å². The van der Waals surface area contributed by atoms with Crippen molar-refractivity contribution < 1.29 is 14.6 Å². The molecule has 1 aromatic carbocycles. The summed E-state index contributed by atoms with van der Waals surface area (Å²) in [5, 5.41) is 9.47. The first-order valence-corrected chi connectivity index (χ1v) is 5.40. The lowest BCUT2D eigenvalue weighted by Crippen LogP contribution is -2.45. The maximum Gasteiger partial charge on any atom is 0.328 e. The van der Waals surface area contributed by atoms with Crippen LogP contribution in [0.25, 0.3) is 0 Å². The predicted octanol–water partition coefficient (Wildman–Crippen LogP) is 1.87. The maximum atomic E-state index is 11.5. The molecule has 1 atom stereocenters. The largest absolute Gasteiger partial charge is 0.496 e. The molecule has 0 aromatic heterocycles. The van der Waals surface area contributed by atoms with Gasteiger partial charge in [0.25, 0.3) is 0 Å². The van der Waals surface area contributed by atoms with E-state index in [9.17, 15) is 9.90 Å². The van der Waals surface area contributed by atoms with E-state index < -0.39 is 11.5 Å². The van der Waals surface area contributed by atoms with E-state index >= 15 is 0 Å². The highest BCUT2D eigenvalue weighted by Crippen LogP contribution is 2.34. The van der Waals surface area contributed by atoms with Gasteiger partial charge in [-0.1, -0.05) is 11.6 Å². The van der Waals surface area contributed by atoms with Crippen LogP contribution in [0.1, 0.15) is 18.1 Å². The summed E-state index contributed by atoms with van der Waals surface area (Å²) in [7, 11) is 5.04. The summed E-state index contributed by atoms with van der Waals surface area (Å²) in [5.74, 6) is -0.305. The Morgan fingerprint density at radius 1 is 1.41 bits per heavy atom. The van der Waals surface area contributed by atoms with Gasteiger partial charge in [0.05, 0.1) is 7.11 Å². The lowest BCUT2D eigenvalue weighted by atomic mass is 9.89. The molecule has 17 heavy (non-hydrogen) atoms. The molecule has 1 N–H and O–H groups in total. The number of ether oxygens (including phenoxy) is 1. The Hall–Kier alpha value is -1.55. The van der Waals surface area contributed by atoms with Gasteiger partial charge in [-0.2, -0.15) is 0 Å². The minimum absolute atomic E-state index is 0.592. The number of methoxy groups -OCH3 is 1. The van der Waals surface area contributed by atoms with Gasteiger partial charge in [-0.3, -0.25) is 4.90 Å². The number of rotatable bonds is 4. The topological polar surface area (TPSA) is 49.8 Å². The average molecular weight is 237 g/mol. The quantitative estimate of drug-likeness (QED) is 0.868. The summed E-state index contributed by atoms with van der Waals surface area (Å²) in [6.07, 6.45) is 0. The van der Waals surface area contributed by atoms with E-state index in [1.165, 1.54) is 0 Å². The highest BCUT2D eigenvalue weighted by Gasteiger charge is 2.40. The Kier molecular flexibility index (Phi) is 3.78. The molecule has 0 aliphatic heterocycles. The van der Waals surface area contributed by atoms with Crippen LogP contribution >= 0.6 is 0 Å². The van der Waals surface area contributed by atoms with E-state index in [0.29, 0.717) is 11.3 Å². The first-order valence-electron chi connectivity index (χ1n) is 5.40. The summed E-state index contributed by atoms with van der Waals surface area (Å²) < 4.78 is 5.26. The lowest BCUT2D eigenvalue weighted by molar-refractivity contribution is -0.149. The van der Waals surface area contributed by atoms with E-state index in [4.69, 9.17) is 4.74 Å². The summed E-state index contributed by atoms with van der Waals surface area (Å²) in [5.41, 5.74) is 0.574. The summed E-state index contributed by atoms with van der Waals surface area (Å²) in [6, 6.07) is 5.56. The van der Waals surface area contributed by atoms with Gasteiger partial charge in [-0.25, -0.2) is 4.79 Å². The van der Waals surface area contributed by atoms with Crippen molar-refractivity contribution >= 4 is 5.97 Å². The van der Waals surface area contributed by atoms with Gasteiger partial charge >= 0.3 is 5.97 Å². The maximum absolute atomic E-state index is 11.5. The molecule has 1 unspecified atom stereocenters. The van der Waals surface area contributed by atoms with Gasteiger partial charge in [-0.05, 0) is 40.1 Å². The standard InChI is InChI=1S/C13H19NO3/c1-9-6-7-11(17-5)10(8-9)13(2,12(15)16)14(3)4/h6-8H,1-5H3,(H,15,16). The Morgan fingerprint density at radius 2 is 2.00 bits per heavy atom. The molecule has 0 radical (unpaired) electrons. The predicted molar refractivity (Wildman–Crippen MR) is 66.4 cm³/mol. The van der Waals surface area contributed by atoms with Gasteiger partial charge in [0, 0.05) is 5.56 Å². The number of carboxylic acids is 1. The van der Waals surface area contributed by atoms with E-state index in [2.05, 4.69) is 0 Å². The SMILES string of the molecule is COc1ccc(C)cc1C(C)(C(=O)O)N(C)C. The molecule has 0 aliphatic carbocycles. The number of nitrogens with zero attached hydrogens (tertiary/aromatic N) is 1. The Labute approximate surface area is 102 Å². The van der Waals surface area contributed by atoms with Gasteiger partial charge in [-0.15, -0.1) is 0 Å². The molecule has 0 fully saturated rings. The van der Waals surface area contributed by atoms with E-state index in [1.54, 1.807) is 39.1 Å². The van der Waals surface area contributed by atoms with Crippen molar-refractivity contribution in [3.63, 3.8) is 0 Å². The van der Waals surface area contributed by atoms with E-state index in [1.807, 2.05) is 19.1 Å². The molecule has 0 aliphatic rings. The first kappa shape index (κ1) is 13.5. The third-order valence-corrected chi connectivity index (χ3v) is 3.19. The van der Waals surface area contributed by atoms with E-state index in [-0.39, 0.29) is 0 Å². The molecule has 0 saturated heterocycles. The van der Waals surface area contributed by atoms with Crippen LogP contribution < -0.4 is 4.74 Å². The molecule has 0 bridgehead atoms. The van der Waals surface area contributed by atoms with Gasteiger partial charge in [0.1, 0.15) is 11.3 Å². The monoisotopic (exact) mass is 237 g/mol. The second kappa shape index (κ2) is 4.75. The zero-order chi connectivity index (χ0) is 13.2. The van der Waals surface area contributed by atoms with E-state index in [0.717, 1.165) is 5.56 Å². The lowest BCUT2D eigenvalue weighted by Gasteiger charge is -2.33. The molecule has 94 valence electrons. The van der Waals surface area contributed by atoms with Crippen molar-refractivity contribution in [2.24, 2.45) is 0 Å². The number of aryl methyl sites for hydroxylation is 1. The zero-order valence-corrected chi connectivity index (χ0v) is 10.9. The first-order chi connectivity index (χ1) is 7.83. The summed E-state index contributed by atoms with van der Waals surface area (Å²) in [6.45, 7) is 3.60. The third-order valence-electron chi connectivity index (χ3n) is 3.19. The molecule has 1 rings (SSSR count). The number of likely N-dealkylation sites (N-methyl/N-ethyl adjacent to an activating group) is 1. The van der Waals surface area contributed by atoms with Crippen LogP contribution in [0.2, 0.25) is 0 Å². The average Bonchev–Trinajstić information content (AvgIpc) is 2.27. The highest BCUT2D eigenvalue weighted by atomic mass is 16.5. The number of aliphatic carboxylic acids is 1. The van der Waals surface area contributed by atoms with Crippen molar-refractivity contribution in [1.82, 2.24) is 4.90 Å². The molecule has 0 saturated carbocycles. The normalized spacial score (nSPS) is 14.5. The van der Waals surface area contributed by atoms with Crippen LogP contribution in [-0.4, -0.2) is 37.2 Å². The molecule has 0 spiro atoms. The molecular formula is C13H19NO3. The van der Waals surface area contributed by atoms with Crippen LogP contribution in [-0.2, 0) is 10.3 Å². The van der Waals surface area contributed by atoms with Crippen LogP contribution in [0, 0.1) is 6.92 Å². The second-order valence-corrected chi connectivity index (χ2v) is 4.48. The molecular weight excluding hydrogens is 218 g/mol. The van der Waals surface area contributed by atoms with Crippen LogP contribution in [0.5, 0.6) is 5.75 Å². The fraction of sp³-hybridized carbons (Fsp3) is 0.462. The number of benzene rings is 1. The Bertz CT molecular complexity index is 429. The molecule has 0 heterocycles. The fourth-order valence-electron chi connectivity index (χ4n) is 1.75. The number of carbonyl (C=O) groups is 1. The van der Waals surface area contributed by atoms with Crippen molar-refractivity contribution in [3.8, 4) is 5.75 Å². The second-order valence-electron chi connectivity index (χ2n) is 4.48.